The Bertz CT molecular complexity index is 588. The first-order valence-electron chi connectivity index (χ1n) is 5.34. The van der Waals surface area contributed by atoms with Crippen molar-refractivity contribution in [3.05, 3.63) is 34.6 Å². The molecule has 0 radical (unpaired) electrons. The van der Waals surface area contributed by atoms with E-state index in [9.17, 15) is 17.6 Å². The number of hydrogen-bond acceptors (Lipinski definition) is 3. The summed E-state index contributed by atoms with van der Waals surface area (Å²) in [5.41, 5.74) is 0.141. The summed E-state index contributed by atoms with van der Waals surface area (Å²) in [5.74, 6) is -0.991. The quantitative estimate of drug-likeness (QED) is 0.896. The number of benzene rings is 1. The van der Waals surface area contributed by atoms with E-state index in [0.29, 0.717) is 6.42 Å². The first-order valence-corrected chi connectivity index (χ1v) is 7.54. The number of carbonyl (C=O) groups excluding carboxylic acids is 1. The number of rotatable bonds is 2. The molecule has 1 saturated heterocycles. The Hall–Kier alpha value is -1.14. The van der Waals surface area contributed by atoms with Gasteiger partial charge in [-0.15, -0.1) is 0 Å². The molecule has 1 aliphatic heterocycles. The van der Waals surface area contributed by atoms with Crippen LogP contribution in [-0.4, -0.2) is 31.9 Å². The van der Waals surface area contributed by atoms with Crippen molar-refractivity contribution in [3.63, 3.8) is 0 Å². The topological polar surface area (TPSA) is 63.2 Å². The maximum absolute atomic E-state index is 12.8. The van der Waals surface area contributed by atoms with E-state index in [0.717, 1.165) is 12.1 Å². The molecule has 0 bridgehead atoms. The SMILES string of the molecule is O=C(NC1CCS(=O)(=O)C1)c1ccc(F)cc1Cl. The van der Waals surface area contributed by atoms with Crippen LogP contribution in [0.3, 0.4) is 0 Å². The van der Waals surface area contributed by atoms with Crippen LogP contribution in [0.15, 0.2) is 18.2 Å². The van der Waals surface area contributed by atoms with E-state index in [4.69, 9.17) is 11.6 Å². The molecule has 1 N–H and O–H groups in total. The molecule has 98 valence electrons. The van der Waals surface area contributed by atoms with Crippen molar-refractivity contribution in [2.45, 2.75) is 12.5 Å². The van der Waals surface area contributed by atoms with Crippen LogP contribution in [-0.2, 0) is 9.84 Å². The lowest BCUT2D eigenvalue weighted by Crippen LogP contribution is -2.35. The van der Waals surface area contributed by atoms with Gasteiger partial charge in [-0.25, -0.2) is 12.8 Å². The van der Waals surface area contributed by atoms with Crippen LogP contribution in [0.5, 0.6) is 0 Å². The normalized spacial score (nSPS) is 21.8. The van der Waals surface area contributed by atoms with Gasteiger partial charge in [0.05, 0.1) is 22.1 Å². The number of halogens is 2. The number of nitrogens with one attached hydrogen (secondary N) is 1. The van der Waals surface area contributed by atoms with Gasteiger partial charge in [0, 0.05) is 6.04 Å². The number of amides is 1. The van der Waals surface area contributed by atoms with E-state index in [1.54, 1.807) is 0 Å². The summed E-state index contributed by atoms with van der Waals surface area (Å²) >= 11 is 5.75. The minimum atomic E-state index is -3.05. The molecule has 18 heavy (non-hydrogen) atoms. The molecule has 2 rings (SSSR count). The van der Waals surface area contributed by atoms with Crippen molar-refractivity contribution >= 4 is 27.3 Å². The minimum absolute atomic E-state index is 0.00774. The Kier molecular flexibility index (Phi) is 3.59. The fourth-order valence-electron chi connectivity index (χ4n) is 1.85. The van der Waals surface area contributed by atoms with Gasteiger partial charge in [0.15, 0.2) is 9.84 Å². The lowest BCUT2D eigenvalue weighted by molar-refractivity contribution is 0.0941. The molecular weight excluding hydrogens is 281 g/mol. The zero-order chi connectivity index (χ0) is 13.3. The third kappa shape index (κ3) is 3.00. The number of hydrogen-bond donors (Lipinski definition) is 1. The molecule has 0 spiro atoms. The average molecular weight is 292 g/mol. The molecule has 1 heterocycles. The van der Waals surface area contributed by atoms with Crippen LogP contribution < -0.4 is 5.32 Å². The molecule has 1 aliphatic rings. The van der Waals surface area contributed by atoms with Crippen LogP contribution in [0.4, 0.5) is 4.39 Å². The van der Waals surface area contributed by atoms with Crippen molar-refractivity contribution in [2.75, 3.05) is 11.5 Å². The molecule has 0 aliphatic carbocycles. The fourth-order valence-corrected chi connectivity index (χ4v) is 3.77. The van der Waals surface area contributed by atoms with E-state index in [2.05, 4.69) is 5.32 Å². The second kappa shape index (κ2) is 4.85. The van der Waals surface area contributed by atoms with Crippen molar-refractivity contribution in [1.82, 2.24) is 5.32 Å². The zero-order valence-corrected chi connectivity index (χ0v) is 10.9. The lowest BCUT2D eigenvalue weighted by atomic mass is 10.2. The molecule has 7 heteroatoms. The van der Waals surface area contributed by atoms with Gasteiger partial charge in [0.25, 0.3) is 5.91 Å². The van der Waals surface area contributed by atoms with Gasteiger partial charge in [0.2, 0.25) is 0 Å². The van der Waals surface area contributed by atoms with Gasteiger partial charge in [-0.05, 0) is 24.6 Å². The number of carbonyl (C=O) groups is 1. The first kappa shape index (κ1) is 13.3. The molecule has 1 aromatic carbocycles. The van der Waals surface area contributed by atoms with Gasteiger partial charge in [0.1, 0.15) is 5.82 Å². The predicted octanol–water partition coefficient (Wildman–Crippen LogP) is 1.40. The molecule has 1 amide bonds. The van der Waals surface area contributed by atoms with Crippen LogP contribution >= 0.6 is 11.6 Å². The van der Waals surface area contributed by atoms with Crippen molar-refractivity contribution < 1.29 is 17.6 Å². The first-order chi connectivity index (χ1) is 8.37. The van der Waals surface area contributed by atoms with Crippen LogP contribution in [0.25, 0.3) is 0 Å². The minimum Gasteiger partial charge on any atom is -0.348 e. The molecule has 1 fully saturated rings. The van der Waals surface area contributed by atoms with Crippen LogP contribution in [0.1, 0.15) is 16.8 Å². The average Bonchev–Trinajstić information content (AvgIpc) is 2.57. The highest BCUT2D eigenvalue weighted by atomic mass is 35.5. The summed E-state index contributed by atoms with van der Waals surface area (Å²) in [6.07, 6.45) is 0.396. The van der Waals surface area contributed by atoms with Gasteiger partial charge in [-0.1, -0.05) is 11.6 Å². The molecule has 1 aromatic rings. The van der Waals surface area contributed by atoms with Crippen molar-refractivity contribution in [1.29, 1.82) is 0 Å². The standard InChI is InChI=1S/C11H11ClFNO3S/c12-10-5-7(13)1-2-9(10)11(15)14-8-3-4-18(16,17)6-8/h1-2,5,8H,3-4,6H2,(H,14,15). The Morgan fingerprint density at radius 3 is 2.72 bits per heavy atom. The predicted molar refractivity (Wildman–Crippen MR) is 65.9 cm³/mol. The molecular formula is C11H11ClFNO3S. The Balaban J connectivity index is 2.09. The van der Waals surface area contributed by atoms with Crippen LogP contribution in [0.2, 0.25) is 5.02 Å². The summed E-state index contributed by atoms with van der Waals surface area (Å²) in [4.78, 5) is 11.8. The van der Waals surface area contributed by atoms with E-state index in [-0.39, 0.29) is 22.1 Å². The van der Waals surface area contributed by atoms with Gasteiger partial charge < -0.3 is 5.32 Å². The smallest absolute Gasteiger partial charge is 0.253 e. The van der Waals surface area contributed by atoms with Gasteiger partial charge in [-0.3, -0.25) is 4.79 Å². The second-order valence-corrected chi connectivity index (χ2v) is 6.83. The fraction of sp³-hybridized carbons (Fsp3) is 0.364. The van der Waals surface area contributed by atoms with Gasteiger partial charge >= 0.3 is 0 Å². The third-order valence-corrected chi connectivity index (χ3v) is 4.82. The van der Waals surface area contributed by atoms with E-state index >= 15 is 0 Å². The second-order valence-electron chi connectivity index (χ2n) is 4.20. The van der Waals surface area contributed by atoms with Crippen molar-refractivity contribution in [2.24, 2.45) is 0 Å². The number of sulfone groups is 1. The Morgan fingerprint density at radius 1 is 1.44 bits per heavy atom. The molecule has 1 atom stereocenters. The lowest BCUT2D eigenvalue weighted by Gasteiger charge is -2.11. The monoisotopic (exact) mass is 291 g/mol. The molecule has 0 saturated carbocycles. The zero-order valence-electron chi connectivity index (χ0n) is 9.32. The summed E-state index contributed by atoms with van der Waals surface area (Å²) in [6, 6.07) is 3.05. The van der Waals surface area contributed by atoms with Crippen LogP contribution in [0, 0.1) is 5.82 Å². The van der Waals surface area contributed by atoms with E-state index in [1.165, 1.54) is 6.07 Å². The maximum atomic E-state index is 12.8. The summed E-state index contributed by atoms with van der Waals surface area (Å²) in [5, 5.41) is 2.59. The largest absolute Gasteiger partial charge is 0.348 e. The summed E-state index contributed by atoms with van der Waals surface area (Å²) < 4.78 is 35.3. The van der Waals surface area contributed by atoms with E-state index < -0.39 is 27.6 Å². The summed E-state index contributed by atoms with van der Waals surface area (Å²) in [7, 11) is -3.05. The highest BCUT2D eigenvalue weighted by molar-refractivity contribution is 7.91. The highest BCUT2D eigenvalue weighted by Crippen LogP contribution is 2.18. The summed E-state index contributed by atoms with van der Waals surface area (Å²) in [6.45, 7) is 0. The Labute approximate surface area is 109 Å². The van der Waals surface area contributed by atoms with Gasteiger partial charge in [-0.2, -0.15) is 0 Å². The Morgan fingerprint density at radius 2 is 2.17 bits per heavy atom. The van der Waals surface area contributed by atoms with Crippen molar-refractivity contribution in [3.8, 4) is 0 Å². The highest BCUT2D eigenvalue weighted by Gasteiger charge is 2.29. The molecule has 0 aromatic heterocycles. The molecule has 4 nitrogen and oxygen atoms in total. The van der Waals surface area contributed by atoms with E-state index in [1.807, 2.05) is 0 Å². The maximum Gasteiger partial charge on any atom is 0.253 e. The molecule has 1 unspecified atom stereocenters. The third-order valence-electron chi connectivity index (χ3n) is 2.74.